The number of carbonyl (C=O) groups excluding carboxylic acids is 1. The topological polar surface area (TPSA) is 50.4 Å². The standard InChI is InChI=1S/C18H22N2O2/c1-3-22-17-7-5-4-6-16(17)19-13-12-18(21)20-15-10-8-14(2)9-11-15/h4-11,19H,3,12-13H2,1-2H3,(H,20,21). The average Bonchev–Trinajstić information content (AvgIpc) is 2.51. The van der Waals surface area contributed by atoms with Gasteiger partial charge in [-0.05, 0) is 38.1 Å². The average molecular weight is 298 g/mol. The Morgan fingerprint density at radius 1 is 1.09 bits per heavy atom. The second-order valence-corrected chi connectivity index (χ2v) is 5.02. The van der Waals surface area contributed by atoms with E-state index < -0.39 is 0 Å². The highest BCUT2D eigenvalue weighted by atomic mass is 16.5. The minimum absolute atomic E-state index is 0.00903. The predicted octanol–water partition coefficient (Wildman–Crippen LogP) is 3.83. The number of carbonyl (C=O) groups is 1. The minimum Gasteiger partial charge on any atom is -0.492 e. The summed E-state index contributed by atoms with van der Waals surface area (Å²) in [5, 5.41) is 6.12. The summed E-state index contributed by atoms with van der Waals surface area (Å²) in [6.07, 6.45) is 0.397. The molecule has 0 saturated carbocycles. The van der Waals surface area contributed by atoms with Crippen LogP contribution in [0.2, 0.25) is 0 Å². The fourth-order valence-electron chi connectivity index (χ4n) is 2.07. The molecule has 0 bridgehead atoms. The van der Waals surface area contributed by atoms with Gasteiger partial charge in [-0.3, -0.25) is 4.79 Å². The van der Waals surface area contributed by atoms with Gasteiger partial charge in [0.25, 0.3) is 0 Å². The smallest absolute Gasteiger partial charge is 0.226 e. The first kappa shape index (κ1) is 15.9. The van der Waals surface area contributed by atoms with E-state index in [1.165, 1.54) is 5.56 Å². The second kappa shape index (κ2) is 8.08. The molecule has 0 aliphatic rings. The molecule has 0 saturated heterocycles. The highest BCUT2D eigenvalue weighted by Crippen LogP contribution is 2.23. The van der Waals surface area contributed by atoms with E-state index in [0.717, 1.165) is 17.1 Å². The van der Waals surface area contributed by atoms with Crippen molar-refractivity contribution in [2.24, 2.45) is 0 Å². The van der Waals surface area contributed by atoms with Crippen molar-refractivity contribution in [1.29, 1.82) is 0 Å². The Morgan fingerprint density at radius 3 is 2.55 bits per heavy atom. The lowest BCUT2D eigenvalue weighted by Crippen LogP contribution is -2.16. The van der Waals surface area contributed by atoms with Crippen molar-refractivity contribution in [2.45, 2.75) is 20.3 Å². The highest BCUT2D eigenvalue weighted by Gasteiger charge is 2.04. The number of ether oxygens (including phenoxy) is 1. The molecule has 4 nitrogen and oxygen atoms in total. The lowest BCUT2D eigenvalue weighted by molar-refractivity contribution is -0.115. The van der Waals surface area contributed by atoms with Crippen LogP contribution in [0.25, 0.3) is 0 Å². The maximum absolute atomic E-state index is 11.9. The van der Waals surface area contributed by atoms with E-state index in [-0.39, 0.29) is 5.91 Å². The first-order valence-corrected chi connectivity index (χ1v) is 7.51. The van der Waals surface area contributed by atoms with Gasteiger partial charge in [0.15, 0.2) is 0 Å². The Balaban J connectivity index is 1.81. The summed E-state index contributed by atoms with van der Waals surface area (Å²) in [5.74, 6) is 0.800. The summed E-state index contributed by atoms with van der Waals surface area (Å²) < 4.78 is 5.54. The van der Waals surface area contributed by atoms with E-state index in [4.69, 9.17) is 4.74 Å². The van der Waals surface area contributed by atoms with Crippen molar-refractivity contribution in [2.75, 3.05) is 23.8 Å². The molecule has 2 N–H and O–H groups in total. The number of para-hydroxylation sites is 2. The van der Waals surface area contributed by atoms with Crippen LogP contribution in [-0.2, 0) is 4.79 Å². The highest BCUT2D eigenvalue weighted by molar-refractivity contribution is 5.91. The molecule has 0 radical (unpaired) electrons. The van der Waals surface area contributed by atoms with Gasteiger partial charge < -0.3 is 15.4 Å². The molecular formula is C18H22N2O2. The van der Waals surface area contributed by atoms with Crippen LogP contribution in [0.1, 0.15) is 18.9 Å². The molecular weight excluding hydrogens is 276 g/mol. The van der Waals surface area contributed by atoms with Crippen LogP contribution < -0.4 is 15.4 Å². The molecule has 1 amide bonds. The third-order valence-electron chi connectivity index (χ3n) is 3.19. The molecule has 4 heteroatoms. The van der Waals surface area contributed by atoms with Gasteiger partial charge in [-0.2, -0.15) is 0 Å². The first-order chi connectivity index (χ1) is 10.7. The van der Waals surface area contributed by atoms with E-state index in [2.05, 4.69) is 10.6 Å². The zero-order chi connectivity index (χ0) is 15.8. The molecule has 116 valence electrons. The molecule has 22 heavy (non-hydrogen) atoms. The third-order valence-corrected chi connectivity index (χ3v) is 3.19. The summed E-state index contributed by atoms with van der Waals surface area (Å²) in [6, 6.07) is 15.5. The third kappa shape index (κ3) is 4.81. The van der Waals surface area contributed by atoms with Crippen molar-refractivity contribution in [3.63, 3.8) is 0 Å². The minimum atomic E-state index is -0.00903. The molecule has 0 heterocycles. The summed E-state index contributed by atoms with van der Waals surface area (Å²) in [4.78, 5) is 11.9. The van der Waals surface area contributed by atoms with Gasteiger partial charge in [0.2, 0.25) is 5.91 Å². The number of rotatable bonds is 7. The Labute approximate surface area is 131 Å². The number of hydrogen-bond donors (Lipinski definition) is 2. The van der Waals surface area contributed by atoms with Crippen LogP contribution in [0.3, 0.4) is 0 Å². The lowest BCUT2D eigenvalue weighted by Gasteiger charge is -2.12. The number of nitrogens with one attached hydrogen (secondary N) is 2. The predicted molar refractivity (Wildman–Crippen MR) is 90.5 cm³/mol. The van der Waals surface area contributed by atoms with Crippen LogP contribution in [0.5, 0.6) is 5.75 Å². The fourth-order valence-corrected chi connectivity index (χ4v) is 2.07. The van der Waals surface area contributed by atoms with Crippen molar-refractivity contribution < 1.29 is 9.53 Å². The summed E-state index contributed by atoms with van der Waals surface area (Å²) >= 11 is 0. The maximum Gasteiger partial charge on any atom is 0.226 e. The molecule has 0 aliphatic carbocycles. The second-order valence-electron chi connectivity index (χ2n) is 5.02. The molecule has 0 aromatic heterocycles. The number of amides is 1. The summed E-state index contributed by atoms with van der Waals surface area (Å²) in [5.41, 5.74) is 2.91. The van der Waals surface area contributed by atoms with E-state index >= 15 is 0 Å². The van der Waals surface area contributed by atoms with Crippen molar-refractivity contribution >= 4 is 17.3 Å². The monoisotopic (exact) mass is 298 g/mol. The van der Waals surface area contributed by atoms with Gasteiger partial charge in [0, 0.05) is 18.7 Å². The van der Waals surface area contributed by atoms with Crippen LogP contribution in [0, 0.1) is 6.92 Å². The van der Waals surface area contributed by atoms with Gasteiger partial charge in [0.1, 0.15) is 5.75 Å². The Bertz CT molecular complexity index is 609. The Morgan fingerprint density at radius 2 is 1.82 bits per heavy atom. The quantitative estimate of drug-likeness (QED) is 0.816. The van der Waals surface area contributed by atoms with Crippen molar-refractivity contribution in [3.8, 4) is 5.75 Å². The molecule has 0 unspecified atom stereocenters. The van der Waals surface area contributed by atoms with Crippen molar-refractivity contribution in [1.82, 2.24) is 0 Å². The summed E-state index contributed by atoms with van der Waals surface area (Å²) in [6.45, 7) is 5.14. The van der Waals surface area contributed by atoms with Gasteiger partial charge in [0.05, 0.1) is 12.3 Å². The fraction of sp³-hybridized carbons (Fsp3) is 0.278. The lowest BCUT2D eigenvalue weighted by atomic mass is 10.2. The van der Waals surface area contributed by atoms with E-state index in [9.17, 15) is 4.79 Å². The Kier molecular flexibility index (Phi) is 5.83. The number of aryl methyl sites for hydroxylation is 1. The zero-order valence-corrected chi connectivity index (χ0v) is 13.1. The number of benzene rings is 2. The van der Waals surface area contributed by atoms with Gasteiger partial charge >= 0.3 is 0 Å². The van der Waals surface area contributed by atoms with Crippen LogP contribution in [-0.4, -0.2) is 19.1 Å². The van der Waals surface area contributed by atoms with Crippen molar-refractivity contribution in [3.05, 3.63) is 54.1 Å². The van der Waals surface area contributed by atoms with Gasteiger partial charge in [-0.15, -0.1) is 0 Å². The SMILES string of the molecule is CCOc1ccccc1NCCC(=O)Nc1ccc(C)cc1. The van der Waals surface area contributed by atoms with E-state index in [1.54, 1.807) is 0 Å². The molecule has 0 spiro atoms. The zero-order valence-electron chi connectivity index (χ0n) is 13.1. The number of hydrogen-bond acceptors (Lipinski definition) is 3. The van der Waals surface area contributed by atoms with Crippen LogP contribution in [0.4, 0.5) is 11.4 Å². The first-order valence-electron chi connectivity index (χ1n) is 7.51. The Hall–Kier alpha value is -2.49. The van der Waals surface area contributed by atoms with Crippen LogP contribution in [0.15, 0.2) is 48.5 Å². The summed E-state index contributed by atoms with van der Waals surface area (Å²) in [7, 11) is 0. The van der Waals surface area contributed by atoms with E-state index in [1.807, 2.05) is 62.4 Å². The molecule has 2 aromatic rings. The molecule has 2 aromatic carbocycles. The molecule has 2 rings (SSSR count). The normalized spacial score (nSPS) is 10.1. The molecule has 0 fully saturated rings. The van der Waals surface area contributed by atoms with Gasteiger partial charge in [-0.25, -0.2) is 0 Å². The largest absolute Gasteiger partial charge is 0.492 e. The van der Waals surface area contributed by atoms with Crippen LogP contribution >= 0.6 is 0 Å². The maximum atomic E-state index is 11.9. The van der Waals surface area contributed by atoms with Gasteiger partial charge in [-0.1, -0.05) is 29.8 Å². The van der Waals surface area contributed by atoms with E-state index in [0.29, 0.717) is 19.6 Å². The number of anilines is 2. The molecule has 0 atom stereocenters. The molecule has 0 aliphatic heterocycles.